The van der Waals surface area contributed by atoms with Crippen LogP contribution in [-0.2, 0) is 19.1 Å². The summed E-state index contributed by atoms with van der Waals surface area (Å²) in [6.45, 7) is 18.3. The minimum absolute atomic E-state index is 0.366. The van der Waals surface area contributed by atoms with E-state index in [9.17, 15) is 19.2 Å². The van der Waals surface area contributed by atoms with Crippen LogP contribution >= 0.6 is 0 Å². The molecule has 0 bridgehead atoms. The highest BCUT2D eigenvalue weighted by Crippen LogP contribution is 2.28. The molecule has 0 fully saturated rings. The fourth-order valence-corrected chi connectivity index (χ4v) is 3.64. The lowest BCUT2D eigenvalue weighted by molar-refractivity contribution is -0.146. The standard InChI is InChI=1S/C27H44N4O5/c1-11-18(4)31(24(34)20(15-21(28)32)29-25(35)36-27(8,9)10)22(23(33)30-26(5,6)7)19-13-12-16(2)17(3)14-19/h12-14,18,20,22H,11,15H2,1-10H3,(H2,28,32)(H,29,35)(H,30,33). The van der Waals surface area contributed by atoms with Crippen LogP contribution in [0.3, 0.4) is 0 Å². The molecule has 0 aliphatic carbocycles. The average Bonchev–Trinajstić information content (AvgIpc) is 2.69. The molecule has 202 valence electrons. The zero-order chi connectivity index (χ0) is 28.0. The Bertz CT molecular complexity index is 962. The molecule has 9 nitrogen and oxygen atoms in total. The SMILES string of the molecule is CCC(C)N(C(=O)C(CC(N)=O)NC(=O)OC(C)(C)C)C(C(=O)NC(C)(C)C)c1ccc(C)c(C)c1. The molecule has 0 spiro atoms. The molecule has 1 aromatic rings. The van der Waals surface area contributed by atoms with Gasteiger partial charge in [0.25, 0.3) is 0 Å². The predicted octanol–water partition coefficient (Wildman–Crippen LogP) is 3.66. The summed E-state index contributed by atoms with van der Waals surface area (Å²) in [5.74, 6) is -1.73. The second-order valence-electron chi connectivity index (χ2n) is 11.4. The number of alkyl carbamates (subject to hydrolysis) is 1. The van der Waals surface area contributed by atoms with Crippen LogP contribution in [0.4, 0.5) is 4.79 Å². The van der Waals surface area contributed by atoms with Crippen molar-refractivity contribution in [2.75, 3.05) is 0 Å². The molecular weight excluding hydrogens is 460 g/mol. The fourth-order valence-electron chi connectivity index (χ4n) is 3.64. The lowest BCUT2D eigenvalue weighted by atomic mass is 9.95. The number of aryl methyl sites for hydroxylation is 2. The molecular formula is C27H44N4O5. The van der Waals surface area contributed by atoms with Crippen molar-refractivity contribution in [3.63, 3.8) is 0 Å². The van der Waals surface area contributed by atoms with E-state index in [0.29, 0.717) is 12.0 Å². The number of hydrogen-bond acceptors (Lipinski definition) is 5. The number of benzene rings is 1. The van der Waals surface area contributed by atoms with Crippen molar-refractivity contribution in [2.24, 2.45) is 5.73 Å². The third kappa shape index (κ3) is 9.51. The van der Waals surface area contributed by atoms with E-state index in [0.717, 1.165) is 11.1 Å². The number of nitrogens with zero attached hydrogens (tertiary/aromatic N) is 1. The molecule has 0 saturated heterocycles. The third-order valence-corrected chi connectivity index (χ3v) is 5.59. The summed E-state index contributed by atoms with van der Waals surface area (Å²) in [5, 5.41) is 5.47. The van der Waals surface area contributed by atoms with E-state index in [4.69, 9.17) is 10.5 Å². The quantitative estimate of drug-likeness (QED) is 0.472. The maximum Gasteiger partial charge on any atom is 0.408 e. The Hall–Kier alpha value is -3.10. The van der Waals surface area contributed by atoms with Gasteiger partial charge in [0, 0.05) is 11.6 Å². The number of nitrogens with two attached hydrogens (primary N) is 1. The van der Waals surface area contributed by atoms with E-state index in [1.807, 2.05) is 66.7 Å². The van der Waals surface area contributed by atoms with E-state index in [1.54, 1.807) is 20.8 Å². The first-order valence-electron chi connectivity index (χ1n) is 12.4. The third-order valence-electron chi connectivity index (χ3n) is 5.59. The van der Waals surface area contributed by atoms with Gasteiger partial charge < -0.3 is 26.0 Å². The van der Waals surface area contributed by atoms with Crippen molar-refractivity contribution in [3.05, 3.63) is 34.9 Å². The van der Waals surface area contributed by atoms with E-state index in [-0.39, 0.29) is 5.91 Å². The largest absolute Gasteiger partial charge is 0.444 e. The van der Waals surface area contributed by atoms with Gasteiger partial charge in [-0.05, 0) is 85.4 Å². The zero-order valence-electron chi connectivity index (χ0n) is 23.4. The molecule has 1 aromatic carbocycles. The molecule has 0 aliphatic rings. The lowest BCUT2D eigenvalue weighted by Gasteiger charge is -2.39. The highest BCUT2D eigenvalue weighted by atomic mass is 16.6. The monoisotopic (exact) mass is 504 g/mol. The van der Waals surface area contributed by atoms with Gasteiger partial charge in [0.1, 0.15) is 17.7 Å². The molecule has 0 saturated carbocycles. The molecule has 3 atom stereocenters. The predicted molar refractivity (Wildman–Crippen MR) is 140 cm³/mol. The Labute approximate surface area is 215 Å². The normalized spacial score (nSPS) is 14.3. The van der Waals surface area contributed by atoms with Crippen LogP contribution in [0.2, 0.25) is 0 Å². The Kier molecular flexibility index (Phi) is 10.5. The Morgan fingerprint density at radius 2 is 1.61 bits per heavy atom. The Balaban J connectivity index is 3.63. The van der Waals surface area contributed by atoms with Gasteiger partial charge in [-0.15, -0.1) is 0 Å². The van der Waals surface area contributed by atoms with Gasteiger partial charge in [-0.2, -0.15) is 0 Å². The van der Waals surface area contributed by atoms with Crippen LogP contribution in [-0.4, -0.2) is 51.9 Å². The number of nitrogens with one attached hydrogen (secondary N) is 2. The molecule has 0 aliphatic heterocycles. The molecule has 9 heteroatoms. The number of carbonyl (C=O) groups excluding carboxylic acids is 4. The maximum absolute atomic E-state index is 14.0. The Morgan fingerprint density at radius 3 is 2.06 bits per heavy atom. The first-order chi connectivity index (χ1) is 16.4. The zero-order valence-corrected chi connectivity index (χ0v) is 23.4. The first kappa shape index (κ1) is 30.9. The second kappa shape index (κ2) is 12.2. The second-order valence-corrected chi connectivity index (χ2v) is 11.4. The van der Waals surface area contributed by atoms with Crippen LogP contribution < -0.4 is 16.4 Å². The summed E-state index contributed by atoms with van der Waals surface area (Å²) in [7, 11) is 0. The van der Waals surface area contributed by atoms with Crippen molar-refractivity contribution >= 4 is 23.8 Å². The molecule has 36 heavy (non-hydrogen) atoms. The molecule has 3 unspecified atom stereocenters. The molecule has 1 rings (SSSR count). The van der Waals surface area contributed by atoms with Crippen LogP contribution in [0.5, 0.6) is 0 Å². The highest BCUT2D eigenvalue weighted by molar-refractivity contribution is 5.94. The number of ether oxygens (including phenoxy) is 1. The van der Waals surface area contributed by atoms with Gasteiger partial charge >= 0.3 is 6.09 Å². The van der Waals surface area contributed by atoms with E-state index >= 15 is 0 Å². The smallest absolute Gasteiger partial charge is 0.408 e. The van der Waals surface area contributed by atoms with E-state index in [2.05, 4.69) is 10.6 Å². The number of hydrogen-bond donors (Lipinski definition) is 3. The van der Waals surface area contributed by atoms with E-state index < -0.39 is 53.6 Å². The first-order valence-corrected chi connectivity index (χ1v) is 12.4. The van der Waals surface area contributed by atoms with Crippen LogP contribution in [0, 0.1) is 13.8 Å². The topological polar surface area (TPSA) is 131 Å². The molecule has 4 amide bonds. The summed E-state index contributed by atoms with van der Waals surface area (Å²) in [6.07, 6.45) is -0.759. The van der Waals surface area contributed by atoms with Gasteiger partial charge in [0.15, 0.2) is 0 Å². The van der Waals surface area contributed by atoms with E-state index in [1.165, 1.54) is 4.90 Å². The molecule has 4 N–H and O–H groups in total. The minimum Gasteiger partial charge on any atom is -0.444 e. The summed E-state index contributed by atoms with van der Waals surface area (Å²) in [4.78, 5) is 53.5. The van der Waals surface area contributed by atoms with Gasteiger partial charge in [0.2, 0.25) is 17.7 Å². The minimum atomic E-state index is -1.30. The summed E-state index contributed by atoms with van der Waals surface area (Å²) < 4.78 is 5.30. The van der Waals surface area contributed by atoms with Crippen LogP contribution in [0.1, 0.15) is 91.0 Å². The summed E-state index contributed by atoms with van der Waals surface area (Å²) in [6, 6.07) is 2.91. The number of primary amides is 1. The van der Waals surface area contributed by atoms with Crippen molar-refractivity contribution < 1.29 is 23.9 Å². The maximum atomic E-state index is 14.0. The summed E-state index contributed by atoms with van der Waals surface area (Å²) >= 11 is 0. The van der Waals surface area contributed by atoms with Crippen LogP contribution in [0.15, 0.2) is 18.2 Å². The van der Waals surface area contributed by atoms with Crippen LogP contribution in [0.25, 0.3) is 0 Å². The number of rotatable bonds is 9. The highest BCUT2D eigenvalue weighted by Gasteiger charge is 2.39. The van der Waals surface area contributed by atoms with Crippen molar-refractivity contribution in [2.45, 2.75) is 111 Å². The fraction of sp³-hybridized carbons (Fsp3) is 0.630. The average molecular weight is 505 g/mol. The molecule has 0 radical (unpaired) electrons. The van der Waals surface area contributed by atoms with Gasteiger partial charge in [-0.25, -0.2) is 4.79 Å². The number of carbonyl (C=O) groups is 4. The van der Waals surface area contributed by atoms with Gasteiger partial charge in [-0.3, -0.25) is 14.4 Å². The Morgan fingerprint density at radius 1 is 1.03 bits per heavy atom. The van der Waals surface area contributed by atoms with Crippen molar-refractivity contribution in [3.8, 4) is 0 Å². The number of amides is 4. The van der Waals surface area contributed by atoms with Crippen molar-refractivity contribution in [1.29, 1.82) is 0 Å². The van der Waals surface area contributed by atoms with Gasteiger partial charge in [0.05, 0.1) is 6.42 Å². The lowest BCUT2D eigenvalue weighted by Crippen LogP contribution is -2.57. The molecule has 0 heterocycles. The van der Waals surface area contributed by atoms with Crippen molar-refractivity contribution in [1.82, 2.24) is 15.5 Å². The molecule has 0 aromatic heterocycles. The van der Waals surface area contributed by atoms with Gasteiger partial charge in [-0.1, -0.05) is 25.1 Å². The summed E-state index contributed by atoms with van der Waals surface area (Å²) in [5.41, 5.74) is 6.71.